The molecule has 2 N–H and O–H groups in total. The first-order chi connectivity index (χ1) is 9.13. The molecule has 0 spiro atoms. The molecule has 5 heteroatoms. The lowest BCUT2D eigenvalue weighted by atomic mass is 10.0. The lowest BCUT2D eigenvalue weighted by Gasteiger charge is -2.08. The van der Waals surface area contributed by atoms with E-state index in [2.05, 4.69) is 20.9 Å². The van der Waals surface area contributed by atoms with Crippen molar-refractivity contribution in [1.29, 1.82) is 5.26 Å². The topological polar surface area (TPSA) is 62.7 Å². The van der Waals surface area contributed by atoms with E-state index in [1.54, 1.807) is 30.6 Å². The molecule has 0 bridgehead atoms. The minimum atomic E-state index is -0.409. The second-order valence-electron chi connectivity index (χ2n) is 3.76. The van der Waals surface area contributed by atoms with Gasteiger partial charge in [-0.1, -0.05) is 15.9 Å². The fourth-order valence-electron chi connectivity index (χ4n) is 1.64. The van der Waals surface area contributed by atoms with Crippen LogP contribution >= 0.6 is 15.9 Å². The molecule has 94 valence electrons. The summed E-state index contributed by atoms with van der Waals surface area (Å²) in [6, 6.07) is 9.57. The van der Waals surface area contributed by atoms with Crippen LogP contribution in [0, 0.1) is 17.1 Å². The monoisotopic (exact) mass is 317 g/mol. The highest BCUT2D eigenvalue weighted by molar-refractivity contribution is 9.10. The predicted molar refractivity (Wildman–Crippen MR) is 75.0 cm³/mol. The van der Waals surface area contributed by atoms with Crippen LogP contribution < -0.4 is 5.73 Å². The maximum atomic E-state index is 13.3. The normalized spacial score (nSPS) is 11.6. The Kier molecular flexibility index (Phi) is 3.93. The Morgan fingerprint density at radius 3 is 2.58 bits per heavy atom. The first-order valence-corrected chi connectivity index (χ1v) is 6.18. The number of rotatable bonds is 2. The summed E-state index contributed by atoms with van der Waals surface area (Å²) in [6.07, 6.45) is 3.14. The molecule has 0 amide bonds. The lowest BCUT2D eigenvalue weighted by molar-refractivity contribution is 0.627. The molecule has 0 aliphatic carbocycles. The molecule has 3 nitrogen and oxygen atoms in total. The van der Waals surface area contributed by atoms with E-state index in [-0.39, 0.29) is 11.3 Å². The molecule has 0 fully saturated rings. The second-order valence-corrected chi connectivity index (χ2v) is 4.61. The summed E-state index contributed by atoms with van der Waals surface area (Å²) in [6.45, 7) is 0. The molecular formula is C14H9BrFN3. The second kappa shape index (κ2) is 5.63. The number of nitrogens with zero attached hydrogens (tertiary/aromatic N) is 2. The molecule has 1 aromatic heterocycles. The van der Waals surface area contributed by atoms with E-state index in [1.807, 2.05) is 6.07 Å². The first kappa shape index (κ1) is 13.2. The number of halogens is 2. The third kappa shape index (κ3) is 2.80. The van der Waals surface area contributed by atoms with Gasteiger partial charge >= 0.3 is 0 Å². The zero-order valence-electron chi connectivity index (χ0n) is 9.77. The average molecular weight is 318 g/mol. The largest absolute Gasteiger partial charge is 0.397 e. The van der Waals surface area contributed by atoms with Crippen LogP contribution in [0.1, 0.15) is 11.1 Å². The molecule has 0 aliphatic heterocycles. The van der Waals surface area contributed by atoms with Gasteiger partial charge in [-0.05, 0) is 35.9 Å². The van der Waals surface area contributed by atoms with Gasteiger partial charge in [0, 0.05) is 22.4 Å². The summed E-state index contributed by atoms with van der Waals surface area (Å²) in [5.41, 5.74) is 7.60. The van der Waals surface area contributed by atoms with E-state index in [0.29, 0.717) is 15.6 Å². The van der Waals surface area contributed by atoms with Crippen LogP contribution in [0.15, 0.2) is 47.2 Å². The molecule has 0 unspecified atom stereocenters. The van der Waals surface area contributed by atoms with Crippen LogP contribution in [0.2, 0.25) is 0 Å². The molecule has 0 radical (unpaired) electrons. The highest BCUT2D eigenvalue weighted by Crippen LogP contribution is 2.27. The summed E-state index contributed by atoms with van der Waals surface area (Å²) in [7, 11) is 0. The Balaban J connectivity index is 2.62. The van der Waals surface area contributed by atoms with Gasteiger partial charge in [-0.25, -0.2) is 4.39 Å². The van der Waals surface area contributed by atoms with Gasteiger partial charge in [0.25, 0.3) is 0 Å². The van der Waals surface area contributed by atoms with E-state index in [9.17, 15) is 9.65 Å². The fourth-order valence-corrected chi connectivity index (χ4v) is 2.10. The van der Waals surface area contributed by atoms with Gasteiger partial charge in [0.1, 0.15) is 11.9 Å². The average Bonchev–Trinajstić information content (AvgIpc) is 2.43. The van der Waals surface area contributed by atoms with Crippen molar-refractivity contribution in [3.8, 4) is 6.07 Å². The molecule has 2 rings (SSSR count). The van der Waals surface area contributed by atoms with Gasteiger partial charge in [-0.2, -0.15) is 5.26 Å². The molecule has 0 saturated carbocycles. The zero-order valence-corrected chi connectivity index (χ0v) is 11.4. The minimum absolute atomic E-state index is 0.222. The molecule has 0 aliphatic rings. The summed E-state index contributed by atoms with van der Waals surface area (Å²) in [5.74, 6) is -0.409. The predicted octanol–water partition coefficient (Wildman–Crippen LogP) is 3.33. The third-order valence-electron chi connectivity index (χ3n) is 2.57. The third-order valence-corrected chi connectivity index (χ3v) is 3.26. The van der Waals surface area contributed by atoms with Crippen molar-refractivity contribution in [3.63, 3.8) is 0 Å². The van der Waals surface area contributed by atoms with Crippen LogP contribution in [0.5, 0.6) is 0 Å². The Bertz CT molecular complexity index is 675. The van der Waals surface area contributed by atoms with Gasteiger partial charge < -0.3 is 5.73 Å². The van der Waals surface area contributed by atoms with E-state index >= 15 is 0 Å². The molecule has 1 aromatic carbocycles. The number of benzene rings is 1. The van der Waals surface area contributed by atoms with Crippen molar-refractivity contribution < 1.29 is 4.39 Å². The van der Waals surface area contributed by atoms with Crippen molar-refractivity contribution >= 4 is 27.2 Å². The van der Waals surface area contributed by atoms with Crippen LogP contribution in [-0.4, -0.2) is 4.98 Å². The summed E-state index contributed by atoms with van der Waals surface area (Å²) in [5, 5.41) is 9.25. The summed E-state index contributed by atoms with van der Waals surface area (Å²) < 4.78 is 13.9. The van der Waals surface area contributed by atoms with Crippen molar-refractivity contribution in [2.24, 2.45) is 5.73 Å². The Labute approximate surface area is 118 Å². The van der Waals surface area contributed by atoms with E-state index in [1.165, 1.54) is 12.1 Å². The lowest BCUT2D eigenvalue weighted by Crippen LogP contribution is -2.02. The van der Waals surface area contributed by atoms with Crippen LogP contribution in [0.4, 0.5) is 4.39 Å². The summed E-state index contributed by atoms with van der Waals surface area (Å²) in [4.78, 5) is 3.88. The molecule has 0 saturated heterocycles. The minimum Gasteiger partial charge on any atom is -0.397 e. The Morgan fingerprint density at radius 1 is 1.26 bits per heavy atom. The zero-order chi connectivity index (χ0) is 13.8. The smallest absolute Gasteiger partial charge is 0.123 e. The number of hydrogen-bond acceptors (Lipinski definition) is 3. The number of nitrogens with two attached hydrogens (primary N) is 1. The SMILES string of the molecule is N#C/C(=C(/N)c1cc(F)ccc1Br)c1ccncc1. The fraction of sp³-hybridized carbons (Fsp3) is 0. The maximum absolute atomic E-state index is 13.3. The van der Waals surface area contributed by atoms with E-state index in [0.717, 1.165) is 0 Å². The van der Waals surface area contributed by atoms with Crippen LogP contribution in [-0.2, 0) is 0 Å². The number of nitriles is 1. The van der Waals surface area contributed by atoms with Gasteiger partial charge in [-0.15, -0.1) is 0 Å². The van der Waals surface area contributed by atoms with Crippen LogP contribution in [0.25, 0.3) is 11.3 Å². The van der Waals surface area contributed by atoms with E-state index in [4.69, 9.17) is 5.73 Å². The molecule has 0 atom stereocenters. The highest BCUT2D eigenvalue weighted by Gasteiger charge is 2.11. The van der Waals surface area contributed by atoms with Gasteiger partial charge in [0.2, 0.25) is 0 Å². The van der Waals surface area contributed by atoms with Gasteiger partial charge in [-0.3, -0.25) is 4.98 Å². The number of allylic oxidation sites excluding steroid dienone is 1. The number of pyridine rings is 1. The van der Waals surface area contributed by atoms with E-state index < -0.39 is 5.82 Å². The van der Waals surface area contributed by atoms with Crippen LogP contribution in [0.3, 0.4) is 0 Å². The quantitative estimate of drug-likeness (QED) is 0.864. The highest BCUT2D eigenvalue weighted by atomic mass is 79.9. The first-order valence-electron chi connectivity index (χ1n) is 5.39. The summed E-state index contributed by atoms with van der Waals surface area (Å²) >= 11 is 3.30. The van der Waals surface area contributed by atoms with Crippen molar-refractivity contribution in [2.75, 3.05) is 0 Å². The Morgan fingerprint density at radius 2 is 1.95 bits per heavy atom. The number of aromatic nitrogens is 1. The van der Waals surface area contributed by atoms with Gasteiger partial charge in [0.15, 0.2) is 0 Å². The Hall–Kier alpha value is -2.19. The van der Waals surface area contributed by atoms with Crippen molar-refractivity contribution in [1.82, 2.24) is 4.98 Å². The van der Waals surface area contributed by atoms with Gasteiger partial charge in [0.05, 0.1) is 11.3 Å². The van der Waals surface area contributed by atoms with Crippen molar-refractivity contribution in [3.05, 3.63) is 64.1 Å². The van der Waals surface area contributed by atoms with Crippen molar-refractivity contribution in [2.45, 2.75) is 0 Å². The standard InChI is InChI=1S/C14H9BrFN3/c15-13-2-1-10(16)7-11(13)14(18)12(8-17)9-3-5-19-6-4-9/h1-7H,18H2/b14-12-. The molecule has 19 heavy (non-hydrogen) atoms. The number of hydrogen-bond donors (Lipinski definition) is 1. The maximum Gasteiger partial charge on any atom is 0.123 e. The molecule has 2 aromatic rings. The molecular weight excluding hydrogens is 309 g/mol. The molecule has 1 heterocycles.